The first-order chi connectivity index (χ1) is 13.6. The quantitative estimate of drug-likeness (QED) is 0.695. The summed E-state index contributed by atoms with van der Waals surface area (Å²) in [7, 11) is 1.67. The van der Waals surface area contributed by atoms with Gasteiger partial charge in [0.1, 0.15) is 5.75 Å². The average molecular weight is 381 g/mol. The molecule has 0 saturated carbocycles. The second-order valence-corrected chi connectivity index (χ2v) is 7.89. The van der Waals surface area contributed by atoms with Crippen molar-refractivity contribution in [3.63, 3.8) is 0 Å². The molecule has 1 aliphatic heterocycles. The van der Waals surface area contributed by atoms with Crippen LogP contribution in [0.25, 0.3) is 0 Å². The maximum atomic E-state index is 12.3. The fraction of sp³-hybridized carbons (Fsp3) is 0.458. The van der Waals surface area contributed by atoms with Gasteiger partial charge in [0.25, 0.3) is 5.91 Å². The van der Waals surface area contributed by atoms with Crippen molar-refractivity contribution in [2.45, 2.75) is 39.2 Å². The van der Waals surface area contributed by atoms with Gasteiger partial charge in [-0.2, -0.15) is 0 Å². The average Bonchev–Trinajstić information content (AvgIpc) is 2.72. The monoisotopic (exact) mass is 380 g/mol. The van der Waals surface area contributed by atoms with Crippen LogP contribution in [-0.2, 0) is 13.0 Å². The molecule has 4 heteroatoms. The van der Waals surface area contributed by atoms with Crippen LogP contribution in [-0.4, -0.2) is 37.6 Å². The number of ether oxygens (including phenoxy) is 1. The lowest BCUT2D eigenvalue weighted by molar-refractivity contribution is 0.0953. The predicted octanol–water partition coefficient (Wildman–Crippen LogP) is 4.29. The summed E-state index contributed by atoms with van der Waals surface area (Å²) in [5, 5.41) is 3.02. The Morgan fingerprint density at radius 3 is 2.50 bits per heavy atom. The van der Waals surface area contributed by atoms with E-state index in [-0.39, 0.29) is 5.91 Å². The smallest absolute Gasteiger partial charge is 0.251 e. The van der Waals surface area contributed by atoms with Crippen molar-refractivity contribution in [3.05, 3.63) is 65.2 Å². The van der Waals surface area contributed by atoms with Gasteiger partial charge in [-0.1, -0.05) is 31.2 Å². The van der Waals surface area contributed by atoms with E-state index >= 15 is 0 Å². The highest BCUT2D eigenvalue weighted by atomic mass is 16.5. The van der Waals surface area contributed by atoms with E-state index in [2.05, 4.69) is 41.4 Å². The molecule has 0 aromatic heterocycles. The molecule has 1 N–H and O–H groups in total. The number of hydrogen-bond acceptors (Lipinski definition) is 3. The molecule has 1 aliphatic rings. The van der Waals surface area contributed by atoms with Crippen molar-refractivity contribution >= 4 is 5.91 Å². The number of nitrogens with one attached hydrogen (secondary N) is 1. The van der Waals surface area contributed by atoms with E-state index in [0.717, 1.165) is 36.6 Å². The Morgan fingerprint density at radius 2 is 1.82 bits per heavy atom. The van der Waals surface area contributed by atoms with E-state index in [9.17, 15) is 4.79 Å². The van der Waals surface area contributed by atoms with Crippen LogP contribution in [0.5, 0.6) is 5.75 Å². The summed E-state index contributed by atoms with van der Waals surface area (Å²) in [6, 6.07) is 16.2. The highest BCUT2D eigenvalue weighted by molar-refractivity contribution is 5.94. The number of methoxy groups -OCH3 is 1. The van der Waals surface area contributed by atoms with E-state index in [1.54, 1.807) is 7.11 Å². The number of aryl methyl sites for hydroxylation is 1. The summed E-state index contributed by atoms with van der Waals surface area (Å²) in [4.78, 5) is 14.9. The minimum atomic E-state index is 0.00729. The third kappa shape index (κ3) is 6.10. The number of amides is 1. The Morgan fingerprint density at radius 1 is 1.11 bits per heavy atom. The summed E-state index contributed by atoms with van der Waals surface area (Å²) in [6.45, 7) is 6.35. The fourth-order valence-corrected chi connectivity index (χ4v) is 3.84. The van der Waals surface area contributed by atoms with Gasteiger partial charge in [0.2, 0.25) is 0 Å². The van der Waals surface area contributed by atoms with Crippen LogP contribution in [0.4, 0.5) is 0 Å². The summed E-state index contributed by atoms with van der Waals surface area (Å²) in [5.41, 5.74) is 3.27. The van der Waals surface area contributed by atoms with E-state index in [4.69, 9.17) is 4.74 Å². The molecule has 0 bridgehead atoms. The molecule has 0 unspecified atom stereocenters. The Bertz CT molecular complexity index is 740. The number of hydrogen-bond donors (Lipinski definition) is 1. The zero-order valence-electron chi connectivity index (χ0n) is 17.1. The standard InChI is InChI=1S/C24H32N2O2/c1-19-5-4-16-26(17-19)18-21-7-11-22(12-8-21)24(27)25-15-3-6-20-9-13-23(28-2)14-10-20/h7-14,19H,3-6,15-18H2,1-2H3,(H,25,27)/t19-/m1/s1. The second kappa shape index (κ2) is 10.3. The molecule has 2 aromatic carbocycles. The van der Waals surface area contributed by atoms with Crippen LogP contribution in [0.3, 0.4) is 0 Å². The Balaban J connectivity index is 1.40. The molecule has 3 rings (SSSR count). The Kier molecular flexibility index (Phi) is 7.49. The van der Waals surface area contributed by atoms with Crippen LogP contribution in [0.15, 0.2) is 48.5 Å². The SMILES string of the molecule is COc1ccc(CCCNC(=O)c2ccc(CN3CCC[C@@H](C)C3)cc2)cc1. The second-order valence-electron chi connectivity index (χ2n) is 7.89. The largest absolute Gasteiger partial charge is 0.497 e. The minimum absolute atomic E-state index is 0.00729. The van der Waals surface area contributed by atoms with E-state index in [0.29, 0.717) is 6.54 Å². The summed E-state index contributed by atoms with van der Waals surface area (Å²) < 4.78 is 5.17. The van der Waals surface area contributed by atoms with Crippen LogP contribution in [0.1, 0.15) is 47.7 Å². The van der Waals surface area contributed by atoms with Crippen molar-refractivity contribution in [1.82, 2.24) is 10.2 Å². The molecule has 1 saturated heterocycles. The molecule has 1 amide bonds. The van der Waals surface area contributed by atoms with Gasteiger partial charge in [-0.25, -0.2) is 0 Å². The van der Waals surface area contributed by atoms with Gasteiger partial charge < -0.3 is 10.1 Å². The van der Waals surface area contributed by atoms with Gasteiger partial charge in [-0.3, -0.25) is 9.69 Å². The Hall–Kier alpha value is -2.33. The molecular weight excluding hydrogens is 348 g/mol. The Labute approximate surface area is 168 Å². The molecule has 1 fully saturated rings. The highest BCUT2D eigenvalue weighted by Crippen LogP contribution is 2.18. The van der Waals surface area contributed by atoms with Crippen molar-refractivity contribution in [1.29, 1.82) is 0 Å². The maximum Gasteiger partial charge on any atom is 0.251 e. The van der Waals surface area contributed by atoms with Gasteiger partial charge in [0.05, 0.1) is 7.11 Å². The van der Waals surface area contributed by atoms with Gasteiger partial charge in [0, 0.05) is 25.2 Å². The molecule has 2 aromatic rings. The molecule has 1 heterocycles. The third-order valence-electron chi connectivity index (χ3n) is 5.45. The molecule has 1 atom stereocenters. The lowest BCUT2D eigenvalue weighted by Gasteiger charge is -2.30. The zero-order valence-corrected chi connectivity index (χ0v) is 17.1. The van der Waals surface area contributed by atoms with Gasteiger partial charge >= 0.3 is 0 Å². The molecule has 28 heavy (non-hydrogen) atoms. The molecule has 0 spiro atoms. The molecule has 0 radical (unpaired) electrons. The van der Waals surface area contributed by atoms with Crippen molar-refractivity contribution in [2.24, 2.45) is 5.92 Å². The molecule has 4 nitrogen and oxygen atoms in total. The van der Waals surface area contributed by atoms with Gasteiger partial charge in [-0.15, -0.1) is 0 Å². The number of likely N-dealkylation sites (tertiary alicyclic amines) is 1. The number of carbonyl (C=O) groups is 1. The highest BCUT2D eigenvalue weighted by Gasteiger charge is 2.16. The zero-order chi connectivity index (χ0) is 19.8. The van der Waals surface area contributed by atoms with Crippen molar-refractivity contribution < 1.29 is 9.53 Å². The van der Waals surface area contributed by atoms with Crippen LogP contribution < -0.4 is 10.1 Å². The van der Waals surface area contributed by atoms with Crippen LogP contribution in [0.2, 0.25) is 0 Å². The lowest BCUT2D eigenvalue weighted by atomic mass is 9.99. The normalized spacial score (nSPS) is 17.3. The van der Waals surface area contributed by atoms with Gasteiger partial charge in [0.15, 0.2) is 0 Å². The molecule has 0 aliphatic carbocycles. The number of carbonyl (C=O) groups excluding carboxylic acids is 1. The summed E-state index contributed by atoms with van der Waals surface area (Å²) in [5.74, 6) is 1.67. The first-order valence-electron chi connectivity index (χ1n) is 10.4. The summed E-state index contributed by atoms with van der Waals surface area (Å²) >= 11 is 0. The maximum absolute atomic E-state index is 12.3. The third-order valence-corrected chi connectivity index (χ3v) is 5.45. The van der Waals surface area contributed by atoms with Crippen molar-refractivity contribution in [3.8, 4) is 5.75 Å². The number of benzene rings is 2. The number of nitrogens with zero attached hydrogens (tertiary/aromatic N) is 1. The lowest BCUT2D eigenvalue weighted by Crippen LogP contribution is -2.33. The molecular formula is C24H32N2O2. The summed E-state index contributed by atoms with van der Waals surface area (Å²) in [6.07, 6.45) is 4.49. The first-order valence-corrected chi connectivity index (χ1v) is 10.4. The number of rotatable bonds is 8. The van der Waals surface area contributed by atoms with Crippen LogP contribution >= 0.6 is 0 Å². The van der Waals surface area contributed by atoms with Gasteiger partial charge in [-0.05, 0) is 73.5 Å². The van der Waals surface area contributed by atoms with E-state index < -0.39 is 0 Å². The van der Waals surface area contributed by atoms with Crippen LogP contribution in [0, 0.1) is 5.92 Å². The number of piperidine rings is 1. The van der Waals surface area contributed by atoms with E-state index in [1.807, 2.05) is 24.3 Å². The predicted molar refractivity (Wildman–Crippen MR) is 114 cm³/mol. The topological polar surface area (TPSA) is 41.6 Å². The van der Waals surface area contributed by atoms with Crippen molar-refractivity contribution in [2.75, 3.05) is 26.7 Å². The fourth-order valence-electron chi connectivity index (χ4n) is 3.84. The molecule has 150 valence electrons. The minimum Gasteiger partial charge on any atom is -0.497 e. The first kappa shape index (κ1) is 20.4. The van der Waals surface area contributed by atoms with E-state index in [1.165, 1.54) is 37.1 Å².